The van der Waals surface area contributed by atoms with Gasteiger partial charge in [-0.2, -0.15) is 0 Å². The summed E-state index contributed by atoms with van der Waals surface area (Å²) in [6.07, 6.45) is 11.0. The molecule has 0 saturated carbocycles. The highest BCUT2D eigenvalue weighted by atomic mass is 15.2. The Morgan fingerprint density at radius 3 is 2.23 bits per heavy atom. The molecule has 0 N–H and O–H groups in total. The zero-order valence-corrected chi connectivity index (χ0v) is 22.8. The van der Waals surface area contributed by atoms with Gasteiger partial charge in [-0.05, 0) is 68.8 Å². The summed E-state index contributed by atoms with van der Waals surface area (Å²) in [5.74, 6) is 1.20. The molecule has 2 heterocycles. The predicted octanol–water partition coefficient (Wildman–Crippen LogP) is 9.45. The predicted molar refractivity (Wildman–Crippen MR) is 166 cm³/mol. The van der Waals surface area contributed by atoms with Crippen molar-refractivity contribution in [1.82, 2.24) is 4.98 Å². The van der Waals surface area contributed by atoms with E-state index in [9.17, 15) is 0 Å². The molecule has 2 atom stereocenters. The molecular formula is C38H30N2. The van der Waals surface area contributed by atoms with E-state index in [0.717, 1.165) is 5.82 Å². The van der Waals surface area contributed by atoms with Crippen LogP contribution in [0.15, 0.2) is 134 Å². The smallest absolute Gasteiger partial charge is 0.134 e. The Morgan fingerprint density at radius 2 is 1.32 bits per heavy atom. The Labute approximate surface area is 236 Å². The van der Waals surface area contributed by atoms with Crippen LogP contribution in [0.1, 0.15) is 36.5 Å². The minimum absolute atomic E-state index is 0.0280. The summed E-state index contributed by atoms with van der Waals surface area (Å²) in [6, 6.07) is 38.0. The number of hydrogen-bond acceptors (Lipinski definition) is 2. The topological polar surface area (TPSA) is 16.1 Å². The zero-order valence-electron chi connectivity index (χ0n) is 22.8. The second-order valence-electron chi connectivity index (χ2n) is 11.6. The Balaban J connectivity index is 1.28. The number of benzene rings is 4. The van der Waals surface area contributed by atoms with E-state index in [0.29, 0.717) is 0 Å². The van der Waals surface area contributed by atoms with E-state index in [2.05, 4.69) is 146 Å². The third-order valence-corrected chi connectivity index (χ3v) is 9.09. The second-order valence-corrected chi connectivity index (χ2v) is 11.6. The van der Waals surface area contributed by atoms with Crippen molar-refractivity contribution in [3.8, 4) is 33.4 Å². The molecule has 0 bridgehead atoms. The molecule has 0 amide bonds. The van der Waals surface area contributed by atoms with E-state index >= 15 is 0 Å². The molecule has 2 unspecified atom stereocenters. The minimum Gasteiger partial charge on any atom is -0.318 e. The molecule has 8 rings (SSSR count). The summed E-state index contributed by atoms with van der Waals surface area (Å²) in [7, 11) is 0. The molecule has 4 aromatic carbocycles. The first kappa shape index (κ1) is 23.2. The first-order chi connectivity index (χ1) is 19.6. The van der Waals surface area contributed by atoms with Crippen LogP contribution in [0.3, 0.4) is 0 Å². The molecule has 1 aromatic heterocycles. The lowest BCUT2D eigenvalue weighted by Crippen LogP contribution is -2.35. The summed E-state index contributed by atoms with van der Waals surface area (Å²) in [5, 5.41) is 0. The normalized spacial score (nSPS) is 19.2. The third kappa shape index (κ3) is 3.32. The van der Waals surface area contributed by atoms with E-state index in [1.54, 1.807) is 0 Å². The van der Waals surface area contributed by atoms with Gasteiger partial charge >= 0.3 is 0 Å². The molecule has 2 nitrogen and oxygen atoms in total. The fourth-order valence-electron chi connectivity index (χ4n) is 7.12. The van der Waals surface area contributed by atoms with Crippen LogP contribution < -0.4 is 4.90 Å². The Bertz CT molecular complexity index is 1860. The summed E-state index contributed by atoms with van der Waals surface area (Å²) in [4.78, 5) is 7.43. The molecule has 0 saturated heterocycles. The van der Waals surface area contributed by atoms with Crippen molar-refractivity contribution in [2.24, 2.45) is 0 Å². The molecule has 0 spiro atoms. The van der Waals surface area contributed by atoms with Crippen LogP contribution in [0.4, 0.5) is 11.5 Å². The average Bonchev–Trinajstić information content (AvgIpc) is 3.15. The van der Waals surface area contributed by atoms with Crippen LogP contribution in [0, 0.1) is 0 Å². The number of rotatable bonds is 2. The highest BCUT2D eigenvalue weighted by molar-refractivity contribution is 5.88. The van der Waals surface area contributed by atoms with Gasteiger partial charge in [-0.15, -0.1) is 0 Å². The molecule has 192 valence electrons. The van der Waals surface area contributed by atoms with Gasteiger partial charge in [-0.1, -0.05) is 117 Å². The highest BCUT2D eigenvalue weighted by Crippen LogP contribution is 2.50. The van der Waals surface area contributed by atoms with Crippen molar-refractivity contribution in [1.29, 1.82) is 0 Å². The van der Waals surface area contributed by atoms with Crippen molar-refractivity contribution >= 4 is 11.5 Å². The van der Waals surface area contributed by atoms with E-state index in [4.69, 9.17) is 4.98 Å². The third-order valence-electron chi connectivity index (χ3n) is 9.09. The molecule has 0 fully saturated rings. The van der Waals surface area contributed by atoms with Crippen LogP contribution in [-0.4, -0.2) is 11.0 Å². The van der Waals surface area contributed by atoms with Gasteiger partial charge in [0.1, 0.15) is 5.82 Å². The molecule has 5 aromatic rings. The number of hydrogen-bond donors (Lipinski definition) is 0. The van der Waals surface area contributed by atoms with Gasteiger partial charge < -0.3 is 4.90 Å². The van der Waals surface area contributed by atoms with Crippen LogP contribution >= 0.6 is 0 Å². The average molecular weight is 515 g/mol. The molecule has 40 heavy (non-hydrogen) atoms. The SMILES string of the molecule is CC1(C)c2ccccc2-c2ccc(-c3ccnc(N4c5ccccc5-c5ccccc5C5C=CC=CC54)c3)cc21. The first-order valence-corrected chi connectivity index (χ1v) is 14.1. The Kier molecular flexibility index (Phi) is 5.03. The van der Waals surface area contributed by atoms with Crippen molar-refractivity contribution in [3.63, 3.8) is 0 Å². The maximum atomic E-state index is 4.98. The molecule has 1 aliphatic heterocycles. The van der Waals surface area contributed by atoms with Gasteiger partial charge in [0.2, 0.25) is 0 Å². The van der Waals surface area contributed by atoms with Crippen LogP contribution in [0.2, 0.25) is 0 Å². The minimum atomic E-state index is -0.0280. The fourth-order valence-corrected chi connectivity index (χ4v) is 7.12. The first-order valence-electron chi connectivity index (χ1n) is 14.1. The Morgan fingerprint density at radius 1 is 0.625 bits per heavy atom. The highest BCUT2D eigenvalue weighted by Gasteiger charge is 2.36. The standard InChI is InChI=1S/C38H30N2/c1-38(2)33-16-8-5-13-29(33)30-20-19-25(23-34(30)38)26-21-22-39-37(24-26)40-35-17-9-6-14-31(35)27-11-3-4-12-28(27)32-15-7-10-18-36(32)40/h3-24,31,35H,1-2H3. The summed E-state index contributed by atoms with van der Waals surface area (Å²) in [6.45, 7) is 4.68. The number of pyridine rings is 1. The molecular weight excluding hydrogens is 484 g/mol. The van der Waals surface area contributed by atoms with E-state index in [1.165, 1.54) is 55.8 Å². The lowest BCUT2D eigenvalue weighted by molar-refractivity contribution is 0.660. The lowest BCUT2D eigenvalue weighted by atomic mass is 9.81. The van der Waals surface area contributed by atoms with E-state index in [-0.39, 0.29) is 17.4 Å². The van der Waals surface area contributed by atoms with Gasteiger partial charge in [-0.25, -0.2) is 4.98 Å². The fraction of sp³-hybridized carbons (Fsp3) is 0.132. The number of nitrogens with zero attached hydrogens (tertiary/aromatic N) is 2. The lowest BCUT2D eigenvalue weighted by Gasteiger charge is -2.35. The van der Waals surface area contributed by atoms with Gasteiger partial charge in [0, 0.05) is 23.1 Å². The number of anilines is 2. The van der Waals surface area contributed by atoms with Gasteiger partial charge in [0.05, 0.1) is 11.7 Å². The zero-order chi connectivity index (χ0) is 26.8. The van der Waals surface area contributed by atoms with Crippen LogP contribution in [-0.2, 0) is 5.41 Å². The monoisotopic (exact) mass is 514 g/mol. The van der Waals surface area contributed by atoms with Crippen LogP contribution in [0.5, 0.6) is 0 Å². The summed E-state index contributed by atoms with van der Waals surface area (Å²) >= 11 is 0. The molecule has 2 heteroatoms. The number of fused-ring (bicyclic) bond motifs is 8. The quantitative estimate of drug-likeness (QED) is 0.233. The summed E-state index contributed by atoms with van der Waals surface area (Å²) in [5.41, 5.74) is 13.0. The van der Waals surface area contributed by atoms with Crippen molar-refractivity contribution in [2.45, 2.75) is 31.2 Å². The summed E-state index contributed by atoms with van der Waals surface area (Å²) < 4.78 is 0. The second kappa shape index (κ2) is 8.66. The van der Waals surface area contributed by atoms with Crippen molar-refractivity contribution in [2.75, 3.05) is 4.90 Å². The van der Waals surface area contributed by atoms with Crippen molar-refractivity contribution in [3.05, 3.63) is 150 Å². The van der Waals surface area contributed by atoms with Gasteiger partial charge in [0.15, 0.2) is 0 Å². The number of para-hydroxylation sites is 1. The Hall–Kier alpha value is -4.69. The van der Waals surface area contributed by atoms with E-state index in [1.807, 2.05) is 6.20 Å². The van der Waals surface area contributed by atoms with Gasteiger partial charge in [0.25, 0.3) is 0 Å². The van der Waals surface area contributed by atoms with Gasteiger partial charge in [-0.3, -0.25) is 0 Å². The maximum Gasteiger partial charge on any atom is 0.134 e. The van der Waals surface area contributed by atoms with Crippen molar-refractivity contribution < 1.29 is 0 Å². The largest absolute Gasteiger partial charge is 0.318 e. The number of allylic oxidation sites excluding steroid dienone is 2. The molecule has 2 aliphatic carbocycles. The molecule has 3 aliphatic rings. The number of aromatic nitrogens is 1. The van der Waals surface area contributed by atoms with E-state index < -0.39 is 0 Å². The maximum absolute atomic E-state index is 4.98. The molecule has 0 radical (unpaired) electrons. The van der Waals surface area contributed by atoms with Crippen LogP contribution in [0.25, 0.3) is 33.4 Å².